The van der Waals surface area contributed by atoms with Crippen molar-refractivity contribution in [2.24, 2.45) is 7.05 Å². The van der Waals surface area contributed by atoms with Gasteiger partial charge in [-0.3, -0.25) is 14.5 Å². The number of rotatable bonds is 10. The third kappa shape index (κ3) is 5.95. The topological polar surface area (TPSA) is 42.8 Å². The molecule has 1 aromatic heterocycles. The van der Waals surface area contributed by atoms with Gasteiger partial charge in [0.15, 0.2) is 0 Å². The number of hydrogen-bond acceptors (Lipinski definition) is 5. The molecule has 6 nitrogen and oxygen atoms in total. The second-order valence-electron chi connectivity index (χ2n) is 7.08. The van der Waals surface area contributed by atoms with Gasteiger partial charge in [-0.25, -0.2) is 0 Å². The van der Waals surface area contributed by atoms with Crippen molar-refractivity contribution in [1.29, 1.82) is 0 Å². The first-order valence-corrected chi connectivity index (χ1v) is 10.5. The van der Waals surface area contributed by atoms with E-state index in [-0.39, 0.29) is 0 Å². The van der Waals surface area contributed by atoms with Crippen molar-refractivity contribution in [1.82, 2.24) is 19.6 Å². The number of aromatic nitrogens is 2. The monoisotopic (exact) mass is 406 g/mol. The van der Waals surface area contributed by atoms with E-state index in [4.69, 9.17) is 21.1 Å². The highest BCUT2D eigenvalue weighted by Gasteiger charge is 2.20. The van der Waals surface area contributed by atoms with Crippen molar-refractivity contribution in [3.05, 3.63) is 46.7 Å². The Hall–Kier alpha value is -1.60. The van der Waals surface area contributed by atoms with Gasteiger partial charge in [0.1, 0.15) is 17.5 Å². The van der Waals surface area contributed by atoms with Crippen molar-refractivity contribution in [2.45, 2.75) is 19.9 Å². The molecule has 0 radical (unpaired) electrons. The number of benzene rings is 1. The van der Waals surface area contributed by atoms with Gasteiger partial charge < -0.3 is 9.47 Å². The molecule has 1 aliphatic heterocycles. The average Bonchev–Trinajstić information content (AvgIpc) is 3.00. The minimum absolute atomic E-state index is 0.587. The quantitative estimate of drug-likeness (QED) is 0.567. The smallest absolute Gasteiger partial charge is 0.131 e. The summed E-state index contributed by atoms with van der Waals surface area (Å²) in [5, 5.41) is 5.28. The van der Waals surface area contributed by atoms with Crippen LogP contribution in [0.15, 0.2) is 30.3 Å². The van der Waals surface area contributed by atoms with E-state index in [0.717, 1.165) is 68.9 Å². The first-order chi connectivity index (χ1) is 13.7. The number of nitrogens with zero attached hydrogens (tertiary/aromatic N) is 4. The van der Waals surface area contributed by atoms with E-state index in [1.54, 1.807) is 4.68 Å². The maximum Gasteiger partial charge on any atom is 0.131 e. The van der Waals surface area contributed by atoms with Crippen molar-refractivity contribution in [3.8, 4) is 5.75 Å². The van der Waals surface area contributed by atoms with E-state index in [1.807, 2.05) is 37.4 Å². The molecule has 28 heavy (non-hydrogen) atoms. The first-order valence-electron chi connectivity index (χ1n) is 10.1. The van der Waals surface area contributed by atoms with E-state index in [9.17, 15) is 0 Å². The average molecular weight is 407 g/mol. The molecule has 154 valence electrons. The number of hydrogen-bond donors (Lipinski definition) is 0. The Bertz CT molecular complexity index is 715. The normalized spacial score (nSPS) is 15.8. The molecule has 0 saturated carbocycles. The molecular weight excluding hydrogens is 376 g/mol. The predicted molar refractivity (Wildman–Crippen MR) is 112 cm³/mol. The lowest BCUT2D eigenvalue weighted by molar-refractivity contribution is 0.0602. The summed E-state index contributed by atoms with van der Waals surface area (Å²) >= 11 is 6.43. The fraction of sp³-hybridized carbons (Fsp3) is 0.571. The van der Waals surface area contributed by atoms with Crippen molar-refractivity contribution in [3.63, 3.8) is 0 Å². The lowest BCUT2D eigenvalue weighted by Crippen LogP contribution is -2.46. The zero-order valence-corrected chi connectivity index (χ0v) is 17.7. The molecule has 1 aliphatic rings. The molecule has 0 amide bonds. The lowest BCUT2D eigenvalue weighted by atomic mass is 10.2. The molecule has 3 rings (SSSR count). The summed E-state index contributed by atoms with van der Waals surface area (Å²) in [5.74, 6) is 0.891. The van der Waals surface area contributed by atoms with Gasteiger partial charge >= 0.3 is 0 Å². The van der Waals surface area contributed by atoms with Crippen LogP contribution in [-0.2, 0) is 24.8 Å². The van der Waals surface area contributed by atoms with Crippen LogP contribution >= 0.6 is 11.6 Å². The molecule has 0 bridgehead atoms. The Kier molecular flexibility index (Phi) is 8.15. The van der Waals surface area contributed by atoms with Crippen LogP contribution in [0.1, 0.15) is 18.2 Å². The van der Waals surface area contributed by atoms with Gasteiger partial charge in [-0.1, -0.05) is 36.7 Å². The van der Waals surface area contributed by atoms with Gasteiger partial charge in [-0.2, -0.15) is 5.10 Å². The maximum absolute atomic E-state index is 6.43. The van der Waals surface area contributed by atoms with Crippen molar-refractivity contribution < 1.29 is 9.47 Å². The van der Waals surface area contributed by atoms with Gasteiger partial charge in [0, 0.05) is 51.9 Å². The summed E-state index contributed by atoms with van der Waals surface area (Å²) in [6.45, 7) is 10.1. The Labute approximate surface area is 173 Å². The van der Waals surface area contributed by atoms with E-state index in [1.165, 1.54) is 5.56 Å². The first kappa shape index (κ1) is 21.1. The molecule has 0 spiro atoms. The number of halogens is 1. The highest BCUT2D eigenvalue weighted by Crippen LogP contribution is 2.22. The lowest BCUT2D eigenvalue weighted by Gasteiger charge is -2.34. The van der Waals surface area contributed by atoms with Gasteiger partial charge in [0.2, 0.25) is 0 Å². The second-order valence-corrected chi connectivity index (χ2v) is 7.44. The third-order valence-corrected chi connectivity index (χ3v) is 5.60. The largest absolute Gasteiger partial charge is 0.491 e. The van der Waals surface area contributed by atoms with E-state index < -0.39 is 0 Å². The van der Waals surface area contributed by atoms with Gasteiger partial charge in [0.05, 0.1) is 18.9 Å². The summed E-state index contributed by atoms with van der Waals surface area (Å²) in [7, 11) is 1.91. The van der Waals surface area contributed by atoms with Crippen LogP contribution in [0.3, 0.4) is 0 Å². The molecule has 7 heteroatoms. The predicted octanol–water partition coefficient (Wildman–Crippen LogP) is 2.85. The van der Waals surface area contributed by atoms with Crippen molar-refractivity contribution >= 4 is 11.6 Å². The molecule has 2 aromatic rings. The summed E-state index contributed by atoms with van der Waals surface area (Å²) in [6, 6.07) is 9.85. The molecule has 1 fully saturated rings. The molecular formula is C21H31ClN4O2. The Morgan fingerprint density at radius 3 is 2.43 bits per heavy atom. The zero-order chi connectivity index (χ0) is 19.8. The van der Waals surface area contributed by atoms with Crippen LogP contribution in [0.4, 0.5) is 0 Å². The number of aryl methyl sites for hydroxylation is 2. The third-order valence-electron chi connectivity index (χ3n) is 5.13. The van der Waals surface area contributed by atoms with Crippen LogP contribution in [0.5, 0.6) is 5.75 Å². The number of para-hydroxylation sites is 1. The number of ether oxygens (including phenoxy) is 2. The fourth-order valence-corrected chi connectivity index (χ4v) is 3.67. The van der Waals surface area contributed by atoms with Crippen LogP contribution in [0.2, 0.25) is 5.15 Å². The Balaban J connectivity index is 1.29. The Morgan fingerprint density at radius 1 is 1.00 bits per heavy atom. The molecule has 1 saturated heterocycles. The fourth-order valence-electron chi connectivity index (χ4n) is 3.47. The SMILES string of the molecule is CCc1nn(C)c(Cl)c1CN1CCN(CCOCCOc2ccccc2)CC1. The van der Waals surface area contributed by atoms with Gasteiger partial charge in [-0.15, -0.1) is 0 Å². The van der Waals surface area contributed by atoms with Crippen LogP contribution in [-0.4, -0.2) is 72.1 Å². The molecule has 0 unspecified atom stereocenters. The Morgan fingerprint density at radius 2 is 1.71 bits per heavy atom. The molecule has 0 aliphatic carbocycles. The minimum atomic E-state index is 0.587. The van der Waals surface area contributed by atoms with Crippen LogP contribution in [0.25, 0.3) is 0 Å². The van der Waals surface area contributed by atoms with Crippen molar-refractivity contribution in [2.75, 3.05) is 52.5 Å². The highest BCUT2D eigenvalue weighted by molar-refractivity contribution is 6.30. The summed E-state index contributed by atoms with van der Waals surface area (Å²) in [4.78, 5) is 4.92. The minimum Gasteiger partial charge on any atom is -0.491 e. The van der Waals surface area contributed by atoms with Crippen LogP contribution < -0.4 is 4.74 Å². The van der Waals surface area contributed by atoms with Gasteiger partial charge in [0.25, 0.3) is 0 Å². The summed E-state index contributed by atoms with van der Waals surface area (Å²) in [6.07, 6.45) is 0.918. The number of piperazine rings is 1. The summed E-state index contributed by atoms with van der Waals surface area (Å²) in [5.41, 5.74) is 2.29. The summed E-state index contributed by atoms with van der Waals surface area (Å²) < 4.78 is 13.1. The van der Waals surface area contributed by atoms with E-state index in [2.05, 4.69) is 21.8 Å². The molecule has 0 N–H and O–H groups in total. The van der Waals surface area contributed by atoms with E-state index >= 15 is 0 Å². The molecule has 0 atom stereocenters. The standard InChI is InChI=1S/C21H31ClN4O2/c1-3-20-19(21(22)24(2)23-20)17-26-11-9-25(10-12-26)13-14-27-15-16-28-18-7-5-4-6-8-18/h4-8H,3,9-17H2,1-2H3. The zero-order valence-electron chi connectivity index (χ0n) is 16.9. The van der Waals surface area contributed by atoms with Gasteiger partial charge in [-0.05, 0) is 18.6 Å². The highest BCUT2D eigenvalue weighted by atomic mass is 35.5. The molecule has 1 aromatic carbocycles. The van der Waals surface area contributed by atoms with E-state index in [0.29, 0.717) is 13.2 Å². The van der Waals surface area contributed by atoms with Crippen LogP contribution in [0, 0.1) is 0 Å². The maximum atomic E-state index is 6.43. The second kappa shape index (κ2) is 10.8. The molecule has 2 heterocycles.